The van der Waals surface area contributed by atoms with Gasteiger partial charge in [0.15, 0.2) is 5.82 Å². The zero-order chi connectivity index (χ0) is 14.7. The van der Waals surface area contributed by atoms with E-state index in [-0.39, 0.29) is 18.8 Å². The van der Waals surface area contributed by atoms with E-state index in [2.05, 4.69) is 4.98 Å². The quantitative estimate of drug-likeness (QED) is 0.546. The largest absolute Gasteiger partial charge is 0.394 e. The average Bonchev–Trinajstić information content (AvgIpc) is 2.81. The molecule has 20 heavy (non-hydrogen) atoms. The predicted octanol–water partition coefficient (Wildman–Crippen LogP) is -0.362. The molecule has 1 aromatic heterocycles. The zero-order valence-corrected chi connectivity index (χ0v) is 11.2. The number of aryl methyl sites for hydroxylation is 1. The first kappa shape index (κ1) is 14.9. The van der Waals surface area contributed by atoms with Crippen LogP contribution < -0.4 is 11.2 Å². The van der Waals surface area contributed by atoms with E-state index in [1.807, 2.05) is 12.4 Å². The maximum Gasteiger partial charge on any atom is 0.351 e. The van der Waals surface area contributed by atoms with Gasteiger partial charge in [-0.15, -0.1) is 0 Å². The van der Waals surface area contributed by atoms with Crippen LogP contribution in [0.3, 0.4) is 0 Å². The van der Waals surface area contributed by atoms with Crippen LogP contribution in [-0.4, -0.2) is 43.8 Å². The lowest BCUT2D eigenvalue weighted by molar-refractivity contribution is -0.0459. The van der Waals surface area contributed by atoms with E-state index in [0.717, 1.165) is 6.42 Å². The van der Waals surface area contributed by atoms with Gasteiger partial charge in [-0.25, -0.2) is 4.79 Å². The topological polar surface area (TPSA) is 117 Å². The highest BCUT2D eigenvalue weighted by Crippen LogP contribution is 2.28. The molecule has 0 bridgehead atoms. The molecule has 1 saturated heterocycles. The van der Waals surface area contributed by atoms with Crippen LogP contribution in [0.15, 0.2) is 11.0 Å². The summed E-state index contributed by atoms with van der Waals surface area (Å²) in [5.41, 5.74) is 2.01. The molecule has 0 aromatic carbocycles. The van der Waals surface area contributed by atoms with E-state index in [4.69, 9.17) is 15.1 Å². The molecule has 0 amide bonds. The molecule has 0 spiro atoms. The number of hydrogen-bond acceptors (Lipinski definition) is 7. The van der Waals surface area contributed by atoms with Crippen molar-refractivity contribution in [3.05, 3.63) is 22.2 Å². The molecular formula is C12H19N3O5. The Morgan fingerprint density at radius 2 is 2.35 bits per heavy atom. The molecule has 0 aliphatic carbocycles. The highest BCUT2D eigenvalue weighted by atomic mass is 16.5. The van der Waals surface area contributed by atoms with Crippen LogP contribution in [0.1, 0.15) is 31.6 Å². The smallest absolute Gasteiger partial charge is 0.351 e. The summed E-state index contributed by atoms with van der Waals surface area (Å²) in [7, 11) is 0. The minimum Gasteiger partial charge on any atom is -0.394 e. The van der Waals surface area contributed by atoms with Gasteiger partial charge >= 0.3 is 5.69 Å². The Kier molecular flexibility index (Phi) is 4.71. The maximum absolute atomic E-state index is 11.9. The van der Waals surface area contributed by atoms with Gasteiger partial charge < -0.3 is 14.9 Å². The number of anilines is 1. The number of ether oxygens (including phenoxy) is 1. The van der Waals surface area contributed by atoms with Crippen LogP contribution >= 0.6 is 0 Å². The fourth-order valence-electron chi connectivity index (χ4n) is 2.32. The normalized spacial score (nSPS) is 25.9. The van der Waals surface area contributed by atoms with Crippen LogP contribution in [0.2, 0.25) is 0 Å². The second-order valence-corrected chi connectivity index (χ2v) is 4.78. The van der Waals surface area contributed by atoms with Crippen molar-refractivity contribution in [2.24, 2.45) is 0 Å². The van der Waals surface area contributed by atoms with Gasteiger partial charge in [0.1, 0.15) is 12.3 Å². The molecule has 1 aromatic rings. The van der Waals surface area contributed by atoms with Crippen molar-refractivity contribution in [3.63, 3.8) is 0 Å². The standard InChI is InChI=1S/C12H19N3O5/c1-2-3-7-5-15(12(18)13-11(7)14-19)10-4-8(17)9(6-16)20-10/h5,8-10,16-17,19H,2-4,6H2,1H3,(H,13,14,18)/t8-,9+,10+/m0/s1. The van der Waals surface area contributed by atoms with Crippen molar-refractivity contribution in [2.45, 2.75) is 44.6 Å². The number of aliphatic hydroxyl groups is 2. The summed E-state index contributed by atoms with van der Waals surface area (Å²) < 4.78 is 6.72. The highest BCUT2D eigenvalue weighted by Gasteiger charge is 2.35. The van der Waals surface area contributed by atoms with Crippen molar-refractivity contribution in [2.75, 3.05) is 12.1 Å². The number of nitrogens with zero attached hydrogens (tertiary/aromatic N) is 2. The minimum atomic E-state index is -0.817. The van der Waals surface area contributed by atoms with E-state index >= 15 is 0 Å². The van der Waals surface area contributed by atoms with E-state index in [0.29, 0.717) is 12.0 Å². The summed E-state index contributed by atoms with van der Waals surface area (Å²) in [5, 5.41) is 27.8. The van der Waals surface area contributed by atoms with Gasteiger partial charge in [-0.2, -0.15) is 4.98 Å². The van der Waals surface area contributed by atoms with Gasteiger partial charge in [-0.05, 0) is 6.42 Å². The number of aromatic nitrogens is 2. The Morgan fingerprint density at radius 1 is 1.60 bits per heavy atom. The summed E-state index contributed by atoms with van der Waals surface area (Å²) in [6.07, 6.45) is 1.06. The van der Waals surface area contributed by atoms with Gasteiger partial charge in [0.05, 0.1) is 12.7 Å². The molecule has 1 fully saturated rings. The van der Waals surface area contributed by atoms with Crippen LogP contribution in [0.4, 0.5) is 5.82 Å². The highest BCUT2D eigenvalue weighted by molar-refractivity contribution is 5.40. The van der Waals surface area contributed by atoms with Crippen molar-refractivity contribution < 1.29 is 20.2 Å². The lowest BCUT2D eigenvalue weighted by Gasteiger charge is -2.16. The molecule has 2 heterocycles. The fourth-order valence-corrected chi connectivity index (χ4v) is 2.32. The molecule has 4 N–H and O–H groups in total. The summed E-state index contributed by atoms with van der Waals surface area (Å²) in [6.45, 7) is 1.66. The molecule has 0 saturated carbocycles. The Bertz CT molecular complexity index is 518. The van der Waals surface area contributed by atoms with E-state index in [1.54, 1.807) is 6.20 Å². The third-order valence-electron chi connectivity index (χ3n) is 3.35. The number of rotatable bonds is 5. The molecular weight excluding hydrogens is 266 g/mol. The first-order chi connectivity index (χ1) is 9.60. The third-order valence-corrected chi connectivity index (χ3v) is 3.35. The second kappa shape index (κ2) is 6.31. The van der Waals surface area contributed by atoms with Gasteiger partial charge in [0.25, 0.3) is 0 Å². The maximum atomic E-state index is 11.9. The second-order valence-electron chi connectivity index (χ2n) is 4.78. The van der Waals surface area contributed by atoms with Crippen molar-refractivity contribution in [1.29, 1.82) is 0 Å². The third kappa shape index (κ3) is 2.83. The van der Waals surface area contributed by atoms with Gasteiger partial charge in [0.2, 0.25) is 0 Å². The molecule has 112 valence electrons. The Hall–Kier alpha value is -1.48. The molecule has 0 radical (unpaired) electrons. The lowest BCUT2D eigenvalue weighted by atomic mass is 10.1. The van der Waals surface area contributed by atoms with Crippen LogP contribution in [0, 0.1) is 0 Å². The molecule has 0 unspecified atom stereocenters. The number of aliphatic hydroxyl groups excluding tert-OH is 2. The predicted molar refractivity (Wildman–Crippen MR) is 69.5 cm³/mol. The van der Waals surface area contributed by atoms with Gasteiger partial charge in [0, 0.05) is 18.2 Å². The molecule has 2 rings (SSSR count). The zero-order valence-electron chi connectivity index (χ0n) is 11.2. The monoisotopic (exact) mass is 285 g/mol. The summed E-state index contributed by atoms with van der Waals surface area (Å²) in [5.74, 6) is 0.130. The fraction of sp³-hybridized carbons (Fsp3) is 0.667. The van der Waals surface area contributed by atoms with Crippen LogP contribution in [-0.2, 0) is 11.2 Å². The first-order valence-electron chi connectivity index (χ1n) is 6.57. The van der Waals surface area contributed by atoms with E-state index in [9.17, 15) is 9.90 Å². The Morgan fingerprint density at radius 3 is 2.90 bits per heavy atom. The molecule has 1 aliphatic rings. The summed E-state index contributed by atoms with van der Waals surface area (Å²) in [4.78, 5) is 15.7. The van der Waals surface area contributed by atoms with E-state index in [1.165, 1.54) is 4.57 Å². The molecule has 8 nitrogen and oxygen atoms in total. The van der Waals surface area contributed by atoms with Crippen molar-refractivity contribution in [1.82, 2.24) is 9.55 Å². The summed E-state index contributed by atoms with van der Waals surface area (Å²) >= 11 is 0. The van der Waals surface area contributed by atoms with Crippen LogP contribution in [0.25, 0.3) is 0 Å². The SMILES string of the molecule is CCCc1cn([C@H]2C[C@H](O)[C@@H](CO)O2)c(=O)nc1NO. The molecule has 1 aliphatic heterocycles. The molecule has 3 atom stereocenters. The minimum absolute atomic E-state index is 0.130. The Labute approximate surface area is 115 Å². The van der Waals surface area contributed by atoms with E-state index < -0.39 is 24.1 Å². The average molecular weight is 285 g/mol. The number of hydrogen-bond donors (Lipinski definition) is 4. The lowest BCUT2D eigenvalue weighted by Crippen LogP contribution is -2.29. The first-order valence-corrected chi connectivity index (χ1v) is 6.57. The Balaban J connectivity index is 2.32. The molecule has 8 heteroatoms. The van der Waals surface area contributed by atoms with Crippen molar-refractivity contribution >= 4 is 5.82 Å². The van der Waals surface area contributed by atoms with Crippen molar-refractivity contribution in [3.8, 4) is 0 Å². The van der Waals surface area contributed by atoms with Gasteiger partial charge in [-0.3, -0.25) is 15.3 Å². The number of nitrogens with one attached hydrogen (secondary N) is 1. The van der Waals surface area contributed by atoms with Crippen LogP contribution in [0.5, 0.6) is 0 Å². The van der Waals surface area contributed by atoms with Gasteiger partial charge in [-0.1, -0.05) is 13.3 Å². The summed E-state index contributed by atoms with van der Waals surface area (Å²) in [6, 6.07) is 0.